The number of sulfonamides is 1. The van der Waals surface area contributed by atoms with E-state index in [4.69, 9.17) is 9.47 Å². The number of benzene rings is 1. The van der Waals surface area contributed by atoms with Crippen LogP contribution in [-0.2, 0) is 19.6 Å². The van der Waals surface area contributed by atoms with Gasteiger partial charge in [-0.3, -0.25) is 4.79 Å². The van der Waals surface area contributed by atoms with Gasteiger partial charge in [-0.15, -0.1) is 0 Å². The highest BCUT2D eigenvalue weighted by Gasteiger charge is 2.34. The molecule has 128 valence electrons. The molecule has 1 aromatic carbocycles. The molecule has 1 unspecified atom stereocenters. The Bertz CT molecular complexity index is 671. The van der Waals surface area contributed by atoms with Gasteiger partial charge in [0.25, 0.3) is 0 Å². The summed E-state index contributed by atoms with van der Waals surface area (Å²) < 4.78 is 37.2. The van der Waals surface area contributed by atoms with Crippen molar-refractivity contribution in [1.29, 1.82) is 0 Å². The summed E-state index contributed by atoms with van der Waals surface area (Å²) in [6, 6.07) is 4.78. The van der Waals surface area contributed by atoms with Crippen molar-refractivity contribution in [2.45, 2.75) is 31.6 Å². The number of aryl methyl sites for hydroxylation is 1. The number of methoxy groups -OCH3 is 1. The van der Waals surface area contributed by atoms with Gasteiger partial charge in [0, 0.05) is 13.1 Å². The lowest BCUT2D eigenvalue weighted by Gasteiger charge is -2.30. The van der Waals surface area contributed by atoms with Gasteiger partial charge in [-0.1, -0.05) is 0 Å². The summed E-state index contributed by atoms with van der Waals surface area (Å²) in [5, 5.41) is 0. The van der Waals surface area contributed by atoms with Crippen LogP contribution in [0.5, 0.6) is 5.75 Å². The Kier molecular flexibility index (Phi) is 5.64. The molecule has 6 nitrogen and oxygen atoms in total. The van der Waals surface area contributed by atoms with Crippen LogP contribution in [-0.4, -0.2) is 45.5 Å². The molecule has 1 aliphatic rings. The Morgan fingerprint density at radius 2 is 2.13 bits per heavy atom. The molecule has 1 aromatic rings. The molecule has 0 N–H and O–H groups in total. The third-order valence-corrected chi connectivity index (χ3v) is 5.87. The largest absolute Gasteiger partial charge is 0.496 e. The van der Waals surface area contributed by atoms with E-state index in [1.165, 1.54) is 10.4 Å². The first-order valence-electron chi connectivity index (χ1n) is 7.71. The molecule has 0 radical (unpaired) electrons. The molecular weight excluding hydrogens is 318 g/mol. The van der Waals surface area contributed by atoms with Gasteiger partial charge in [0.1, 0.15) is 5.75 Å². The van der Waals surface area contributed by atoms with Gasteiger partial charge in [0.2, 0.25) is 10.0 Å². The molecular formula is C16H23NO5S. The summed E-state index contributed by atoms with van der Waals surface area (Å²) in [7, 11) is -2.07. The molecule has 1 saturated heterocycles. The molecule has 1 atom stereocenters. The Hall–Kier alpha value is -1.60. The molecule has 0 aromatic heterocycles. The zero-order valence-electron chi connectivity index (χ0n) is 13.7. The third kappa shape index (κ3) is 3.84. The first kappa shape index (κ1) is 17.7. The van der Waals surface area contributed by atoms with E-state index in [9.17, 15) is 13.2 Å². The minimum Gasteiger partial charge on any atom is -0.496 e. The summed E-state index contributed by atoms with van der Waals surface area (Å²) in [5.41, 5.74) is 0.757. The van der Waals surface area contributed by atoms with E-state index >= 15 is 0 Å². The highest BCUT2D eigenvalue weighted by molar-refractivity contribution is 7.89. The summed E-state index contributed by atoms with van der Waals surface area (Å²) in [6.07, 6.45) is 1.31. The van der Waals surface area contributed by atoms with Crippen molar-refractivity contribution in [2.75, 3.05) is 26.8 Å². The SMILES string of the molecule is CCOC(=O)C1CCCN(S(=O)(=O)c2ccc(OC)c(C)c2)C1. The maximum atomic E-state index is 12.8. The lowest BCUT2D eigenvalue weighted by molar-refractivity contribution is -0.149. The van der Waals surface area contributed by atoms with E-state index in [0.717, 1.165) is 5.56 Å². The molecule has 0 spiro atoms. The monoisotopic (exact) mass is 341 g/mol. The first-order chi connectivity index (χ1) is 10.9. The van der Waals surface area contributed by atoms with Crippen LogP contribution in [0.25, 0.3) is 0 Å². The zero-order valence-corrected chi connectivity index (χ0v) is 14.6. The van der Waals surface area contributed by atoms with Crippen LogP contribution in [0.2, 0.25) is 0 Å². The van der Waals surface area contributed by atoms with E-state index in [-0.39, 0.29) is 17.4 Å². The van der Waals surface area contributed by atoms with Gasteiger partial charge in [0.15, 0.2) is 0 Å². The number of hydrogen-bond acceptors (Lipinski definition) is 5. The summed E-state index contributed by atoms with van der Waals surface area (Å²) in [4.78, 5) is 12.1. The first-order valence-corrected chi connectivity index (χ1v) is 9.15. The quantitative estimate of drug-likeness (QED) is 0.766. The van der Waals surface area contributed by atoms with Crippen LogP contribution in [0.15, 0.2) is 23.1 Å². The summed E-state index contributed by atoms with van der Waals surface area (Å²) in [6.45, 7) is 4.44. The second kappa shape index (κ2) is 7.31. The van der Waals surface area contributed by atoms with Gasteiger partial charge >= 0.3 is 5.97 Å². The highest BCUT2D eigenvalue weighted by atomic mass is 32.2. The molecule has 0 bridgehead atoms. The topological polar surface area (TPSA) is 72.9 Å². The van der Waals surface area contributed by atoms with Gasteiger partial charge in [-0.2, -0.15) is 4.31 Å². The molecule has 0 aliphatic carbocycles. The van der Waals surface area contributed by atoms with Crippen molar-refractivity contribution in [2.24, 2.45) is 5.92 Å². The molecule has 1 aliphatic heterocycles. The standard InChI is InChI=1S/C16H23NO5S/c1-4-22-16(18)13-6-5-9-17(11-13)23(19,20)14-7-8-15(21-3)12(2)10-14/h7-8,10,13H,4-6,9,11H2,1-3H3. The molecule has 0 amide bonds. The fourth-order valence-corrected chi connectivity index (χ4v) is 4.38. The normalized spacial score (nSPS) is 19.3. The van der Waals surface area contributed by atoms with Crippen LogP contribution in [0, 0.1) is 12.8 Å². The van der Waals surface area contributed by atoms with Crippen LogP contribution in [0.1, 0.15) is 25.3 Å². The average Bonchev–Trinajstić information content (AvgIpc) is 2.55. The minimum absolute atomic E-state index is 0.173. The number of piperidine rings is 1. The van der Waals surface area contributed by atoms with Crippen molar-refractivity contribution in [3.63, 3.8) is 0 Å². The predicted molar refractivity (Wildman–Crippen MR) is 85.8 cm³/mol. The van der Waals surface area contributed by atoms with Crippen molar-refractivity contribution >= 4 is 16.0 Å². The van der Waals surface area contributed by atoms with Gasteiger partial charge in [-0.05, 0) is 50.5 Å². The van der Waals surface area contributed by atoms with Crippen molar-refractivity contribution in [3.8, 4) is 5.75 Å². The van der Waals surface area contributed by atoms with Gasteiger partial charge < -0.3 is 9.47 Å². The van der Waals surface area contributed by atoms with E-state index in [2.05, 4.69) is 0 Å². The number of carbonyl (C=O) groups excluding carboxylic acids is 1. The number of ether oxygens (including phenoxy) is 2. The molecule has 1 fully saturated rings. The third-order valence-electron chi connectivity index (χ3n) is 4.01. The second-order valence-electron chi connectivity index (χ2n) is 5.59. The smallest absolute Gasteiger partial charge is 0.310 e. The fourth-order valence-electron chi connectivity index (χ4n) is 2.77. The lowest BCUT2D eigenvalue weighted by Crippen LogP contribution is -2.42. The number of hydrogen-bond donors (Lipinski definition) is 0. The number of esters is 1. The summed E-state index contributed by atoms with van der Waals surface area (Å²) >= 11 is 0. The maximum Gasteiger partial charge on any atom is 0.310 e. The average molecular weight is 341 g/mol. The van der Waals surface area contributed by atoms with E-state index in [0.29, 0.717) is 31.7 Å². The number of carbonyl (C=O) groups is 1. The van der Waals surface area contributed by atoms with E-state index in [1.807, 2.05) is 0 Å². The zero-order chi connectivity index (χ0) is 17.0. The number of rotatable bonds is 5. The molecule has 1 heterocycles. The second-order valence-corrected chi connectivity index (χ2v) is 7.52. The van der Waals surface area contributed by atoms with Crippen molar-refractivity contribution in [3.05, 3.63) is 23.8 Å². The Balaban J connectivity index is 2.21. The Morgan fingerprint density at radius 1 is 1.39 bits per heavy atom. The Labute approximate surface area is 137 Å². The maximum absolute atomic E-state index is 12.8. The fraction of sp³-hybridized carbons (Fsp3) is 0.562. The Morgan fingerprint density at radius 3 is 2.74 bits per heavy atom. The minimum atomic E-state index is -3.62. The molecule has 23 heavy (non-hydrogen) atoms. The molecule has 0 saturated carbocycles. The van der Waals surface area contributed by atoms with Crippen LogP contribution in [0.4, 0.5) is 0 Å². The van der Waals surface area contributed by atoms with E-state index in [1.54, 1.807) is 33.1 Å². The van der Waals surface area contributed by atoms with Gasteiger partial charge in [0.05, 0.1) is 24.5 Å². The van der Waals surface area contributed by atoms with Crippen molar-refractivity contribution < 1.29 is 22.7 Å². The highest BCUT2D eigenvalue weighted by Crippen LogP contribution is 2.27. The van der Waals surface area contributed by atoms with Crippen LogP contribution in [0.3, 0.4) is 0 Å². The predicted octanol–water partition coefficient (Wildman–Crippen LogP) is 1.97. The van der Waals surface area contributed by atoms with Gasteiger partial charge in [-0.25, -0.2) is 8.42 Å². The van der Waals surface area contributed by atoms with Crippen LogP contribution >= 0.6 is 0 Å². The molecule has 7 heteroatoms. The summed E-state index contributed by atoms with van der Waals surface area (Å²) in [5.74, 6) is -0.0665. The lowest BCUT2D eigenvalue weighted by atomic mass is 10.0. The number of nitrogens with zero attached hydrogens (tertiary/aromatic N) is 1. The van der Waals surface area contributed by atoms with Crippen LogP contribution < -0.4 is 4.74 Å². The van der Waals surface area contributed by atoms with Crippen molar-refractivity contribution in [1.82, 2.24) is 4.31 Å². The van der Waals surface area contributed by atoms with E-state index < -0.39 is 15.9 Å². The molecule has 2 rings (SSSR count).